The number of nitrogens with zero attached hydrogens (tertiary/aromatic N) is 2. The molecule has 0 heterocycles. The van der Waals surface area contributed by atoms with Crippen molar-refractivity contribution >= 4 is 17.2 Å². The summed E-state index contributed by atoms with van der Waals surface area (Å²) in [5.74, 6) is 0.623. The van der Waals surface area contributed by atoms with Gasteiger partial charge in [0.15, 0.2) is 5.84 Å². The minimum absolute atomic E-state index is 0.0725. The third kappa shape index (κ3) is 7.57. The molecule has 68 heavy (non-hydrogen) atoms. The van der Waals surface area contributed by atoms with Crippen molar-refractivity contribution in [1.82, 2.24) is 0 Å². The van der Waals surface area contributed by atoms with E-state index in [0.29, 0.717) is 18.0 Å². The van der Waals surface area contributed by atoms with Gasteiger partial charge in [-0.3, -0.25) is 0 Å². The second-order valence-electron chi connectivity index (χ2n) is 19.3. The number of hydrogen-bond acceptors (Lipinski definition) is 1. The zero-order valence-electron chi connectivity index (χ0n) is 39.5. The molecule has 2 aliphatic rings. The number of aliphatic imine (C=N–C) groups is 2. The summed E-state index contributed by atoms with van der Waals surface area (Å²) in [7, 11) is 0. The lowest BCUT2D eigenvalue weighted by atomic mass is 9.82. The lowest BCUT2D eigenvalue weighted by molar-refractivity contribution is 0.660. The molecule has 2 heteroatoms. The summed E-state index contributed by atoms with van der Waals surface area (Å²) in [4.78, 5) is 10.8. The van der Waals surface area contributed by atoms with E-state index in [-0.39, 0.29) is 10.8 Å². The Bertz CT molecular complexity index is 3330. The SMILES string of the molecule is C=C(N=C(N=C(CC)c1cc(-c2ccc3c(c2)-c2ccccc2C3(C)C)cc(-c2ccc3c(c2)-c2ccccc2C3(C)C)c1)c1ccc(-c2ccccc2)cc1)c1ccc(-c2ccccc2)cc1. The van der Waals surface area contributed by atoms with Gasteiger partial charge in [0.1, 0.15) is 0 Å². The summed E-state index contributed by atoms with van der Waals surface area (Å²) in [5, 5.41) is 0. The first-order valence-corrected chi connectivity index (χ1v) is 23.9. The fourth-order valence-electron chi connectivity index (χ4n) is 10.7. The average Bonchev–Trinajstić information content (AvgIpc) is 3.76. The maximum absolute atomic E-state index is 5.56. The minimum Gasteiger partial charge on any atom is -0.233 e. The second-order valence-corrected chi connectivity index (χ2v) is 19.3. The lowest BCUT2D eigenvalue weighted by Gasteiger charge is -2.22. The molecule has 9 aromatic rings. The maximum Gasteiger partial charge on any atom is 0.160 e. The number of fused-ring (bicyclic) bond motifs is 6. The molecule has 9 aromatic carbocycles. The first-order chi connectivity index (χ1) is 33.1. The van der Waals surface area contributed by atoms with E-state index in [0.717, 1.165) is 44.7 Å². The molecule has 0 spiro atoms. The number of rotatable bonds is 9. The van der Waals surface area contributed by atoms with E-state index in [1.807, 2.05) is 6.07 Å². The van der Waals surface area contributed by atoms with Gasteiger partial charge < -0.3 is 0 Å². The van der Waals surface area contributed by atoms with Gasteiger partial charge in [-0.2, -0.15) is 0 Å². The van der Waals surface area contributed by atoms with Crippen molar-refractivity contribution in [3.8, 4) is 66.8 Å². The highest BCUT2D eigenvalue weighted by Crippen LogP contribution is 2.51. The van der Waals surface area contributed by atoms with Crippen LogP contribution in [0, 0.1) is 0 Å². The molecule has 0 N–H and O–H groups in total. The standard InChI is InChI=1S/C66H54N2/c1-7-63(68-64(49-32-30-48(31-33-49)46-20-12-9-13-21-46)67-43(2)44-26-28-47(29-27-44)45-18-10-8-11-19-45)54-39-52(50-34-36-61-57(41-50)55-22-14-16-24-59(55)65(61,3)4)38-53(40-54)51-35-37-62-58(42-51)56-23-15-17-25-60(56)66(62,5)6/h8-42H,2,7H2,1,3-6H3. The van der Waals surface area contributed by atoms with Crippen molar-refractivity contribution in [2.45, 2.75) is 51.9 Å². The van der Waals surface area contributed by atoms with E-state index in [4.69, 9.17) is 9.98 Å². The number of hydrogen-bond donors (Lipinski definition) is 0. The van der Waals surface area contributed by atoms with Crippen LogP contribution in [0.25, 0.3) is 72.5 Å². The van der Waals surface area contributed by atoms with Gasteiger partial charge in [0.2, 0.25) is 0 Å². The smallest absolute Gasteiger partial charge is 0.160 e. The van der Waals surface area contributed by atoms with Crippen LogP contribution in [0.4, 0.5) is 0 Å². The van der Waals surface area contributed by atoms with Gasteiger partial charge in [-0.05, 0) is 137 Å². The van der Waals surface area contributed by atoms with Crippen LogP contribution in [0.5, 0.6) is 0 Å². The van der Waals surface area contributed by atoms with Crippen LogP contribution >= 0.6 is 0 Å². The van der Waals surface area contributed by atoms with Crippen LogP contribution in [0.1, 0.15) is 80.0 Å². The first-order valence-electron chi connectivity index (χ1n) is 23.9. The van der Waals surface area contributed by atoms with Crippen molar-refractivity contribution < 1.29 is 0 Å². The Morgan fingerprint density at radius 2 is 0.750 bits per heavy atom. The summed E-state index contributed by atoms with van der Waals surface area (Å²) in [6.45, 7) is 16.1. The third-order valence-corrected chi connectivity index (χ3v) is 14.5. The molecule has 0 aliphatic heterocycles. The predicted octanol–water partition coefficient (Wildman–Crippen LogP) is 17.3. The molecule has 0 saturated heterocycles. The van der Waals surface area contributed by atoms with Crippen LogP contribution in [0.2, 0.25) is 0 Å². The van der Waals surface area contributed by atoms with Crippen molar-refractivity contribution in [3.63, 3.8) is 0 Å². The summed E-state index contributed by atoms with van der Waals surface area (Å²) in [5.41, 5.74) is 24.4. The van der Waals surface area contributed by atoms with Crippen molar-refractivity contribution in [1.29, 1.82) is 0 Å². The van der Waals surface area contributed by atoms with Crippen LogP contribution in [0.15, 0.2) is 229 Å². The van der Waals surface area contributed by atoms with Gasteiger partial charge in [-0.1, -0.05) is 223 Å². The maximum atomic E-state index is 5.56. The molecule has 0 bridgehead atoms. The van der Waals surface area contributed by atoms with Crippen LogP contribution in [-0.4, -0.2) is 11.5 Å². The summed E-state index contributed by atoms with van der Waals surface area (Å²) in [6, 6.07) is 77.0. The molecule has 0 atom stereocenters. The predicted molar refractivity (Wildman–Crippen MR) is 289 cm³/mol. The molecule has 0 radical (unpaired) electrons. The highest BCUT2D eigenvalue weighted by molar-refractivity contribution is 6.14. The van der Waals surface area contributed by atoms with Crippen molar-refractivity contribution in [3.05, 3.63) is 258 Å². The van der Waals surface area contributed by atoms with Crippen LogP contribution in [0.3, 0.4) is 0 Å². The Morgan fingerprint density at radius 1 is 0.353 bits per heavy atom. The zero-order chi connectivity index (χ0) is 46.6. The molecule has 2 aliphatic carbocycles. The lowest BCUT2D eigenvalue weighted by Crippen LogP contribution is -2.14. The molecule has 0 unspecified atom stereocenters. The normalized spacial score (nSPS) is 14.2. The van der Waals surface area contributed by atoms with Crippen molar-refractivity contribution in [2.24, 2.45) is 9.98 Å². The van der Waals surface area contributed by atoms with Gasteiger partial charge in [0.05, 0.1) is 5.70 Å². The third-order valence-electron chi connectivity index (χ3n) is 14.5. The Morgan fingerprint density at radius 3 is 1.22 bits per heavy atom. The molecular formula is C66H54N2. The van der Waals surface area contributed by atoms with E-state index >= 15 is 0 Å². The molecule has 11 rings (SSSR count). The molecular weight excluding hydrogens is 821 g/mol. The zero-order valence-corrected chi connectivity index (χ0v) is 39.5. The molecule has 0 aromatic heterocycles. The first kappa shape index (κ1) is 42.7. The fourth-order valence-corrected chi connectivity index (χ4v) is 10.7. The van der Waals surface area contributed by atoms with Gasteiger partial charge in [0, 0.05) is 22.1 Å². The average molecular weight is 875 g/mol. The van der Waals surface area contributed by atoms with E-state index in [1.54, 1.807) is 0 Å². The molecule has 0 fully saturated rings. The summed E-state index contributed by atoms with van der Waals surface area (Å²) in [6.07, 6.45) is 0.694. The van der Waals surface area contributed by atoms with Gasteiger partial charge in [0.25, 0.3) is 0 Å². The minimum atomic E-state index is -0.0725. The van der Waals surface area contributed by atoms with E-state index in [9.17, 15) is 0 Å². The van der Waals surface area contributed by atoms with Gasteiger partial charge in [-0.15, -0.1) is 0 Å². The summed E-state index contributed by atoms with van der Waals surface area (Å²) >= 11 is 0. The van der Waals surface area contributed by atoms with Crippen LogP contribution < -0.4 is 0 Å². The summed E-state index contributed by atoms with van der Waals surface area (Å²) < 4.78 is 0. The monoisotopic (exact) mass is 874 g/mol. The molecule has 0 saturated carbocycles. The molecule has 328 valence electrons. The van der Waals surface area contributed by atoms with E-state index in [1.165, 1.54) is 66.8 Å². The Labute approximate surface area is 401 Å². The van der Waals surface area contributed by atoms with E-state index < -0.39 is 0 Å². The van der Waals surface area contributed by atoms with Crippen molar-refractivity contribution in [2.75, 3.05) is 0 Å². The molecule has 2 nitrogen and oxygen atoms in total. The van der Waals surface area contributed by atoms with Gasteiger partial charge in [-0.25, -0.2) is 9.98 Å². The Kier molecular flexibility index (Phi) is 10.7. The number of amidine groups is 1. The number of benzene rings is 9. The quantitative estimate of drug-likeness (QED) is 0.102. The second kappa shape index (κ2) is 17.0. The van der Waals surface area contributed by atoms with Crippen LogP contribution in [-0.2, 0) is 10.8 Å². The highest BCUT2D eigenvalue weighted by atomic mass is 14.9. The Hall–Kier alpha value is -7.94. The molecule has 0 amide bonds. The van der Waals surface area contributed by atoms with E-state index in [2.05, 4.69) is 247 Å². The largest absolute Gasteiger partial charge is 0.233 e. The Balaban J connectivity index is 1.06. The fraction of sp³-hybridized carbons (Fsp3) is 0.121. The highest BCUT2D eigenvalue weighted by Gasteiger charge is 2.36. The van der Waals surface area contributed by atoms with Gasteiger partial charge >= 0.3 is 0 Å². The topological polar surface area (TPSA) is 24.7 Å².